The molecule has 0 aromatic heterocycles. The molecule has 3 rings (SSSR count). The van der Waals surface area contributed by atoms with Crippen LogP contribution in [-0.2, 0) is 10.2 Å². The van der Waals surface area contributed by atoms with E-state index in [4.69, 9.17) is 10.5 Å². The molecule has 0 aliphatic carbocycles. The van der Waals surface area contributed by atoms with Crippen LogP contribution in [0, 0.1) is 0 Å². The maximum Gasteiger partial charge on any atom is 0.0585 e. The Morgan fingerprint density at radius 1 is 1.16 bits per heavy atom. The van der Waals surface area contributed by atoms with Crippen LogP contribution in [0.3, 0.4) is 0 Å². The normalized spacial score (nSPS) is 19.1. The average Bonchev–Trinajstić information content (AvgIpc) is 2.37. The van der Waals surface area contributed by atoms with Gasteiger partial charge in [-0.05, 0) is 36.1 Å². The molecular weight excluding hydrogens is 234 g/mol. The monoisotopic (exact) mass is 255 g/mol. The standard InChI is InChI=1S/C17H21NO/c1-13(18)8-9-17(11-19-12-17)16-7-6-14-4-2-3-5-15(14)10-16/h2-7,10,13H,8-9,11-12,18H2,1H3. The van der Waals surface area contributed by atoms with Gasteiger partial charge in [-0.2, -0.15) is 0 Å². The van der Waals surface area contributed by atoms with Gasteiger partial charge in [-0.3, -0.25) is 0 Å². The largest absolute Gasteiger partial charge is 0.379 e. The Morgan fingerprint density at radius 2 is 1.89 bits per heavy atom. The molecule has 0 radical (unpaired) electrons. The second-order valence-corrected chi connectivity index (χ2v) is 5.85. The van der Waals surface area contributed by atoms with Gasteiger partial charge >= 0.3 is 0 Å². The van der Waals surface area contributed by atoms with E-state index in [9.17, 15) is 0 Å². The predicted octanol–water partition coefficient (Wildman–Crippen LogP) is 3.24. The molecule has 1 fully saturated rings. The number of fused-ring (bicyclic) bond motifs is 1. The highest BCUT2D eigenvalue weighted by molar-refractivity contribution is 5.83. The molecular formula is C17H21NO. The first kappa shape index (κ1) is 12.6. The molecule has 1 atom stereocenters. The Kier molecular flexibility index (Phi) is 3.29. The van der Waals surface area contributed by atoms with Gasteiger partial charge in [0.15, 0.2) is 0 Å². The van der Waals surface area contributed by atoms with Gasteiger partial charge in [0.1, 0.15) is 0 Å². The maximum absolute atomic E-state index is 5.91. The van der Waals surface area contributed by atoms with E-state index in [0.717, 1.165) is 26.1 Å². The highest BCUT2D eigenvalue weighted by Crippen LogP contribution is 2.38. The molecule has 1 aliphatic rings. The summed E-state index contributed by atoms with van der Waals surface area (Å²) >= 11 is 0. The average molecular weight is 255 g/mol. The smallest absolute Gasteiger partial charge is 0.0585 e. The van der Waals surface area contributed by atoms with Crippen molar-refractivity contribution in [3.05, 3.63) is 48.0 Å². The van der Waals surface area contributed by atoms with Crippen molar-refractivity contribution in [2.45, 2.75) is 31.2 Å². The highest BCUT2D eigenvalue weighted by Gasteiger charge is 2.39. The first-order valence-corrected chi connectivity index (χ1v) is 7.02. The summed E-state index contributed by atoms with van der Waals surface area (Å²) in [6.07, 6.45) is 2.17. The molecule has 2 nitrogen and oxygen atoms in total. The number of benzene rings is 2. The topological polar surface area (TPSA) is 35.2 Å². The molecule has 0 spiro atoms. The second-order valence-electron chi connectivity index (χ2n) is 5.85. The van der Waals surface area contributed by atoms with E-state index in [-0.39, 0.29) is 11.5 Å². The molecule has 1 saturated heterocycles. The summed E-state index contributed by atoms with van der Waals surface area (Å²) in [5, 5.41) is 2.61. The van der Waals surface area contributed by atoms with Crippen molar-refractivity contribution < 1.29 is 4.74 Å². The fourth-order valence-corrected chi connectivity index (χ4v) is 2.83. The van der Waals surface area contributed by atoms with Crippen LogP contribution in [0.1, 0.15) is 25.3 Å². The van der Waals surface area contributed by atoms with E-state index in [1.165, 1.54) is 16.3 Å². The summed E-state index contributed by atoms with van der Waals surface area (Å²) in [5.41, 5.74) is 7.50. The first-order chi connectivity index (χ1) is 9.20. The number of rotatable bonds is 4. The Morgan fingerprint density at radius 3 is 2.53 bits per heavy atom. The zero-order valence-corrected chi connectivity index (χ0v) is 11.4. The Bertz CT molecular complexity index is 572. The van der Waals surface area contributed by atoms with Crippen molar-refractivity contribution in [1.29, 1.82) is 0 Å². The minimum Gasteiger partial charge on any atom is -0.379 e. The summed E-state index contributed by atoms with van der Waals surface area (Å²) in [6.45, 7) is 3.74. The molecule has 2 heteroatoms. The van der Waals surface area contributed by atoms with Crippen LogP contribution >= 0.6 is 0 Å². The third kappa shape index (κ3) is 2.38. The Hall–Kier alpha value is -1.38. The van der Waals surface area contributed by atoms with Gasteiger partial charge < -0.3 is 10.5 Å². The van der Waals surface area contributed by atoms with Crippen LogP contribution in [0.25, 0.3) is 10.8 Å². The van der Waals surface area contributed by atoms with E-state index < -0.39 is 0 Å². The van der Waals surface area contributed by atoms with Crippen LogP contribution in [0.15, 0.2) is 42.5 Å². The van der Waals surface area contributed by atoms with Crippen LogP contribution in [0.4, 0.5) is 0 Å². The predicted molar refractivity (Wildman–Crippen MR) is 79.3 cm³/mol. The van der Waals surface area contributed by atoms with E-state index in [0.29, 0.717) is 0 Å². The molecule has 0 amide bonds. The third-order valence-corrected chi connectivity index (χ3v) is 4.20. The molecule has 1 aliphatic heterocycles. The fourth-order valence-electron chi connectivity index (χ4n) is 2.83. The Labute approximate surface area is 114 Å². The zero-order chi connectivity index (χ0) is 13.3. The number of ether oxygens (including phenoxy) is 1. The van der Waals surface area contributed by atoms with Crippen LogP contribution in [0.2, 0.25) is 0 Å². The van der Waals surface area contributed by atoms with Gasteiger partial charge in [0.05, 0.1) is 13.2 Å². The lowest BCUT2D eigenvalue weighted by atomic mass is 9.74. The van der Waals surface area contributed by atoms with Crippen LogP contribution in [-0.4, -0.2) is 19.3 Å². The van der Waals surface area contributed by atoms with Crippen LogP contribution < -0.4 is 5.73 Å². The molecule has 0 saturated carbocycles. The number of hydrogen-bond acceptors (Lipinski definition) is 2. The van der Waals surface area contributed by atoms with Gasteiger partial charge in [0.25, 0.3) is 0 Å². The minimum atomic E-state index is 0.192. The van der Waals surface area contributed by atoms with Gasteiger partial charge in [-0.15, -0.1) is 0 Å². The SMILES string of the molecule is CC(N)CCC1(c2ccc3ccccc3c2)COC1. The van der Waals surface area contributed by atoms with Crippen molar-refractivity contribution >= 4 is 10.8 Å². The second kappa shape index (κ2) is 4.95. The summed E-state index contributed by atoms with van der Waals surface area (Å²) in [4.78, 5) is 0. The van der Waals surface area contributed by atoms with Gasteiger partial charge in [-0.25, -0.2) is 0 Å². The molecule has 1 unspecified atom stereocenters. The lowest BCUT2D eigenvalue weighted by Gasteiger charge is -2.42. The van der Waals surface area contributed by atoms with Crippen molar-refractivity contribution in [3.63, 3.8) is 0 Å². The summed E-state index contributed by atoms with van der Waals surface area (Å²) in [7, 11) is 0. The van der Waals surface area contributed by atoms with Crippen LogP contribution in [0.5, 0.6) is 0 Å². The van der Waals surface area contributed by atoms with Crippen molar-refractivity contribution in [2.24, 2.45) is 5.73 Å². The Balaban J connectivity index is 1.92. The van der Waals surface area contributed by atoms with Crippen molar-refractivity contribution in [1.82, 2.24) is 0 Å². The highest BCUT2D eigenvalue weighted by atomic mass is 16.5. The quantitative estimate of drug-likeness (QED) is 0.910. The van der Waals surface area contributed by atoms with E-state index >= 15 is 0 Å². The van der Waals surface area contributed by atoms with E-state index in [1.807, 2.05) is 0 Å². The lowest BCUT2D eigenvalue weighted by molar-refractivity contribution is -0.0656. The van der Waals surface area contributed by atoms with Gasteiger partial charge in [0.2, 0.25) is 0 Å². The van der Waals surface area contributed by atoms with Crippen molar-refractivity contribution in [3.8, 4) is 0 Å². The van der Waals surface area contributed by atoms with E-state index in [2.05, 4.69) is 49.4 Å². The third-order valence-electron chi connectivity index (χ3n) is 4.20. The molecule has 19 heavy (non-hydrogen) atoms. The number of nitrogens with two attached hydrogens (primary N) is 1. The summed E-state index contributed by atoms with van der Waals surface area (Å²) < 4.78 is 5.50. The lowest BCUT2D eigenvalue weighted by Crippen LogP contribution is -2.47. The van der Waals surface area contributed by atoms with Gasteiger partial charge in [0, 0.05) is 11.5 Å². The van der Waals surface area contributed by atoms with Gasteiger partial charge in [-0.1, -0.05) is 42.5 Å². The summed E-state index contributed by atoms with van der Waals surface area (Å²) in [6, 6.07) is 15.6. The molecule has 2 aromatic rings. The summed E-state index contributed by atoms with van der Waals surface area (Å²) in [5.74, 6) is 0. The fraction of sp³-hybridized carbons (Fsp3) is 0.412. The first-order valence-electron chi connectivity index (χ1n) is 7.02. The molecule has 2 aromatic carbocycles. The molecule has 1 heterocycles. The number of hydrogen-bond donors (Lipinski definition) is 1. The zero-order valence-electron chi connectivity index (χ0n) is 11.4. The van der Waals surface area contributed by atoms with Crippen molar-refractivity contribution in [2.75, 3.05) is 13.2 Å². The molecule has 100 valence electrons. The molecule has 2 N–H and O–H groups in total. The minimum absolute atomic E-state index is 0.192. The van der Waals surface area contributed by atoms with E-state index in [1.54, 1.807) is 0 Å². The maximum atomic E-state index is 5.91. The molecule has 0 bridgehead atoms.